The number of alkyl halides is 2. The molecule has 3 nitrogen and oxygen atoms in total. The molecule has 0 unspecified atom stereocenters. The van der Waals surface area contributed by atoms with Gasteiger partial charge in [0.05, 0.1) is 6.54 Å². The van der Waals surface area contributed by atoms with Crippen LogP contribution in [0.2, 0.25) is 0 Å². The van der Waals surface area contributed by atoms with Gasteiger partial charge in [-0.2, -0.15) is 0 Å². The lowest BCUT2D eigenvalue weighted by Gasteiger charge is -2.11. The maximum Gasteiger partial charge on any atom is 0.262 e. The van der Waals surface area contributed by atoms with E-state index in [2.05, 4.69) is 15.3 Å². The van der Waals surface area contributed by atoms with Gasteiger partial charge in [-0.1, -0.05) is 0 Å². The third kappa shape index (κ3) is 3.24. The molecule has 1 N–H and O–H groups in total. The number of nitrogens with one attached hydrogen (secondary N) is 1. The van der Waals surface area contributed by atoms with Gasteiger partial charge >= 0.3 is 0 Å². The zero-order chi connectivity index (χ0) is 10.8. The highest BCUT2D eigenvalue weighted by Gasteiger charge is 2.20. The van der Waals surface area contributed by atoms with Crippen LogP contribution in [-0.2, 0) is 0 Å². The standard InChI is InChI=1S/C9H13F2N3/c1-6-4-12-8(14-7(6)2)13-5-9(3,10)11/h4H,5H2,1-3H3,(H,12,13,14). The van der Waals surface area contributed by atoms with E-state index in [0.717, 1.165) is 18.2 Å². The van der Waals surface area contributed by atoms with Crippen molar-refractivity contribution in [1.29, 1.82) is 0 Å². The van der Waals surface area contributed by atoms with Crippen molar-refractivity contribution >= 4 is 5.95 Å². The van der Waals surface area contributed by atoms with E-state index in [0.29, 0.717) is 0 Å². The second kappa shape index (κ2) is 3.86. The van der Waals surface area contributed by atoms with Crippen LogP contribution >= 0.6 is 0 Å². The van der Waals surface area contributed by atoms with Crippen molar-refractivity contribution in [1.82, 2.24) is 9.97 Å². The van der Waals surface area contributed by atoms with Crippen molar-refractivity contribution < 1.29 is 8.78 Å². The Morgan fingerprint density at radius 3 is 2.57 bits per heavy atom. The molecule has 0 aromatic carbocycles. The number of rotatable bonds is 3. The van der Waals surface area contributed by atoms with Crippen LogP contribution in [0.3, 0.4) is 0 Å². The Labute approximate surface area is 81.6 Å². The van der Waals surface area contributed by atoms with Gasteiger partial charge in [-0.3, -0.25) is 0 Å². The molecule has 0 atom stereocenters. The first kappa shape index (κ1) is 10.8. The fourth-order valence-corrected chi connectivity index (χ4v) is 0.847. The van der Waals surface area contributed by atoms with E-state index < -0.39 is 12.5 Å². The first-order valence-corrected chi connectivity index (χ1v) is 4.30. The van der Waals surface area contributed by atoms with Crippen LogP contribution in [0.4, 0.5) is 14.7 Å². The van der Waals surface area contributed by atoms with Crippen LogP contribution in [0.25, 0.3) is 0 Å². The number of nitrogens with zero attached hydrogens (tertiary/aromatic N) is 2. The quantitative estimate of drug-likeness (QED) is 0.814. The van der Waals surface area contributed by atoms with E-state index in [1.807, 2.05) is 13.8 Å². The van der Waals surface area contributed by atoms with E-state index in [1.165, 1.54) is 0 Å². The topological polar surface area (TPSA) is 37.8 Å². The Morgan fingerprint density at radius 2 is 2.07 bits per heavy atom. The molecule has 1 aromatic heterocycles. The monoisotopic (exact) mass is 201 g/mol. The molecule has 0 saturated heterocycles. The summed E-state index contributed by atoms with van der Waals surface area (Å²) >= 11 is 0. The molecule has 14 heavy (non-hydrogen) atoms. The van der Waals surface area contributed by atoms with Gasteiger partial charge in [-0.15, -0.1) is 0 Å². The normalized spacial score (nSPS) is 11.5. The summed E-state index contributed by atoms with van der Waals surface area (Å²) in [6, 6.07) is 0. The van der Waals surface area contributed by atoms with Gasteiger partial charge in [-0.05, 0) is 19.4 Å². The zero-order valence-corrected chi connectivity index (χ0v) is 8.43. The number of aromatic nitrogens is 2. The van der Waals surface area contributed by atoms with Crippen molar-refractivity contribution in [2.45, 2.75) is 26.7 Å². The predicted molar refractivity (Wildman–Crippen MR) is 50.6 cm³/mol. The van der Waals surface area contributed by atoms with Crippen molar-refractivity contribution in [2.24, 2.45) is 0 Å². The van der Waals surface area contributed by atoms with Gasteiger partial charge in [0.1, 0.15) is 0 Å². The summed E-state index contributed by atoms with van der Waals surface area (Å²) in [7, 11) is 0. The van der Waals surface area contributed by atoms with Crippen molar-refractivity contribution in [3.8, 4) is 0 Å². The second-order valence-corrected chi connectivity index (χ2v) is 3.39. The summed E-state index contributed by atoms with van der Waals surface area (Å²) in [5.41, 5.74) is 1.74. The molecule has 0 spiro atoms. The maximum atomic E-state index is 12.5. The average Bonchev–Trinajstić information content (AvgIpc) is 2.06. The minimum atomic E-state index is -2.75. The van der Waals surface area contributed by atoms with Gasteiger partial charge in [-0.25, -0.2) is 18.7 Å². The third-order valence-electron chi connectivity index (χ3n) is 1.78. The molecule has 0 radical (unpaired) electrons. The van der Waals surface area contributed by atoms with Gasteiger partial charge in [0.15, 0.2) is 0 Å². The largest absolute Gasteiger partial charge is 0.348 e. The first-order chi connectivity index (χ1) is 6.38. The number of hydrogen-bond acceptors (Lipinski definition) is 3. The molecule has 78 valence electrons. The Balaban J connectivity index is 2.65. The SMILES string of the molecule is Cc1cnc(NCC(C)(F)F)nc1C. The van der Waals surface area contributed by atoms with E-state index in [4.69, 9.17) is 0 Å². The van der Waals surface area contributed by atoms with Crippen LogP contribution in [0, 0.1) is 13.8 Å². The minimum Gasteiger partial charge on any atom is -0.348 e. The minimum absolute atomic E-state index is 0.245. The van der Waals surface area contributed by atoms with E-state index >= 15 is 0 Å². The molecule has 1 rings (SSSR count). The molecule has 0 aliphatic carbocycles. The third-order valence-corrected chi connectivity index (χ3v) is 1.78. The maximum absolute atomic E-state index is 12.5. The molecule has 0 amide bonds. The summed E-state index contributed by atoms with van der Waals surface area (Å²) in [4.78, 5) is 7.91. The molecule has 1 aromatic rings. The van der Waals surface area contributed by atoms with Gasteiger partial charge in [0, 0.05) is 18.8 Å². The molecular weight excluding hydrogens is 188 g/mol. The molecular formula is C9H13F2N3. The summed E-state index contributed by atoms with van der Waals surface area (Å²) < 4.78 is 24.9. The van der Waals surface area contributed by atoms with Crippen LogP contribution in [0.1, 0.15) is 18.2 Å². The summed E-state index contributed by atoms with van der Waals surface area (Å²) in [5.74, 6) is -2.50. The number of anilines is 1. The van der Waals surface area contributed by atoms with Crippen LogP contribution < -0.4 is 5.32 Å². The molecule has 0 fully saturated rings. The molecule has 5 heteroatoms. The number of hydrogen-bond donors (Lipinski definition) is 1. The van der Waals surface area contributed by atoms with Gasteiger partial charge < -0.3 is 5.32 Å². The smallest absolute Gasteiger partial charge is 0.262 e. The first-order valence-electron chi connectivity index (χ1n) is 4.30. The molecule has 0 aliphatic heterocycles. The van der Waals surface area contributed by atoms with E-state index in [-0.39, 0.29) is 5.95 Å². The molecule has 0 bridgehead atoms. The fourth-order valence-electron chi connectivity index (χ4n) is 0.847. The summed E-state index contributed by atoms with van der Waals surface area (Å²) in [6.45, 7) is 4.08. The fraction of sp³-hybridized carbons (Fsp3) is 0.556. The summed E-state index contributed by atoms with van der Waals surface area (Å²) in [5, 5.41) is 2.48. The van der Waals surface area contributed by atoms with Crippen molar-refractivity contribution in [2.75, 3.05) is 11.9 Å². The highest BCUT2D eigenvalue weighted by Crippen LogP contribution is 2.12. The average molecular weight is 201 g/mol. The lowest BCUT2D eigenvalue weighted by molar-refractivity contribution is 0.0366. The predicted octanol–water partition coefficient (Wildman–Crippen LogP) is 2.16. The number of halogens is 2. The second-order valence-electron chi connectivity index (χ2n) is 3.39. The number of aryl methyl sites for hydroxylation is 2. The van der Waals surface area contributed by atoms with Crippen molar-refractivity contribution in [3.05, 3.63) is 17.5 Å². The Morgan fingerprint density at radius 1 is 1.43 bits per heavy atom. The highest BCUT2D eigenvalue weighted by molar-refractivity contribution is 5.28. The van der Waals surface area contributed by atoms with E-state index in [1.54, 1.807) is 6.20 Å². The molecule has 1 heterocycles. The Bertz CT molecular complexity index is 320. The van der Waals surface area contributed by atoms with Crippen LogP contribution in [0.5, 0.6) is 0 Å². The Kier molecular flexibility index (Phi) is 2.98. The lowest BCUT2D eigenvalue weighted by Crippen LogP contribution is -2.23. The molecule has 0 saturated carbocycles. The van der Waals surface area contributed by atoms with Gasteiger partial charge in [0.25, 0.3) is 5.92 Å². The Hall–Kier alpha value is -1.26. The van der Waals surface area contributed by atoms with Gasteiger partial charge in [0.2, 0.25) is 5.95 Å². The lowest BCUT2D eigenvalue weighted by atomic mass is 10.3. The van der Waals surface area contributed by atoms with Crippen molar-refractivity contribution in [3.63, 3.8) is 0 Å². The highest BCUT2D eigenvalue weighted by atomic mass is 19.3. The van der Waals surface area contributed by atoms with Crippen LogP contribution in [0.15, 0.2) is 6.20 Å². The van der Waals surface area contributed by atoms with Crippen LogP contribution in [-0.4, -0.2) is 22.4 Å². The van der Waals surface area contributed by atoms with E-state index in [9.17, 15) is 8.78 Å². The molecule has 0 aliphatic rings. The zero-order valence-electron chi connectivity index (χ0n) is 8.43. The summed E-state index contributed by atoms with van der Waals surface area (Å²) in [6.07, 6.45) is 1.61.